The third-order valence-corrected chi connectivity index (χ3v) is 6.95. The lowest BCUT2D eigenvalue weighted by Gasteiger charge is -2.21. The summed E-state index contributed by atoms with van der Waals surface area (Å²) < 4.78 is 53.2. The number of nitrogens with zero attached hydrogens (tertiary/aromatic N) is 4. The van der Waals surface area contributed by atoms with Crippen LogP contribution in [0.4, 0.5) is 19.0 Å². The first-order valence-corrected chi connectivity index (χ1v) is 13.2. The minimum absolute atomic E-state index is 0.0605. The number of pyridine rings is 1. The quantitative estimate of drug-likeness (QED) is 0.207. The van der Waals surface area contributed by atoms with E-state index in [0.717, 1.165) is 18.9 Å². The first-order chi connectivity index (χ1) is 19.7. The highest BCUT2D eigenvalue weighted by atomic mass is 19.4. The van der Waals surface area contributed by atoms with Crippen LogP contribution < -0.4 is 15.8 Å². The van der Waals surface area contributed by atoms with Crippen LogP contribution in [-0.2, 0) is 21.1 Å². The monoisotopic (exact) mass is 566 g/mol. The van der Waals surface area contributed by atoms with Gasteiger partial charge in [-0.2, -0.15) is 18.2 Å². The number of amidine groups is 1. The number of nitrogens with one attached hydrogen (secondary N) is 1. The Kier molecular flexibility index (Phi) is 7.65. The zero-order valence-corrected chi connectivity index (χ0v) is 22.5. The average Bonchev–Trinajstić information content (AvgIpc) is 3.89. The standard InChI is InChI=1S/C29H29F3N6O3/c1-3-40-27(39)28(10-11-28)21-8-4-17(12-22(21)29(30,31)32)18-5-9-23(36-14-18)20(13-33)26(34-2)38-24-15-35-16-25(37-24)41-19-6-7-19/h4-5,8-9,12-16,19H,3,6-7,10-11,33H2,1-2H3,(H,34,37,38). The van der Waals surface area contributed by atoms with Crippen molar-refractivity contribution in [3.05, 3.63) is 71.9 Å². The van der Waals surface area contributed by atoms with Crippen molar-refractivity contribution in [2.75, 3.05) is 19.0 Å². The fourth-order valence-corrected chi connectivity index (χ4v) is 4.55. The Hall–Kier alpha value is -4.48. The van der Waals surface area contributed by atoms with Gasteiger partial charge in [-0.05, 0) is 55.9 Å². The van der Waals surface area contributed by atoms with E-state index in [1.54, 1.807) is 32.2 Å². The van der Waals surface area contributed by atoms with Crippen molar-refractivity contribution >= 4 is 23.2 Å². The Morgan fingerprint density at radius 2 is 1.93 bits per heavy atom. The van der Waals surface area contributed by atoms with Crippen LogP contribution in [0.25, 0.3) is 16.7 Å². The van der Waals surface area contributed by atoms with Crippen LogP contribution in [0.1, 0.15) is 49.4 Å². The summed E-state index contributed by atoms with van der Waals surface area (Å²) in [5.74, 6) is 0.534. The van der Waals surface area contributed by atoms with Gasteiger partial charge in [-0.15, -0.1) is 0 Å². The molecule has 1 aromatic carbocycles. The lowest BCUT2D eigenvalue weighted by atomic mass is 9.88. The minimum Gasteiger partial charge on any atom is -0.473 e. The number of hydrogen-bond donors (Lipinski definition) is 2. The summed E-state index contributed by atoms with van der Waals surface area (Å²) in [5, 5.41) is 3.07. The van der Waals surface area contributed by atoms with Gasteiger partial charge in [0.2, 0.25) is 5.88 Å². The predicted molar refractivity (Wildman–Crippen MR) is 147 cm³/mol. The number of rotatable bonds is 9. The highest BCUT2D eigenvalue weighted by Gasteiger charge is 2.56. The molecule has 0 atom stereocenters. The number of carbonyl (C=O) groups excluding carboxylic acids is 1. The Morgan fingerprint density at radius 3 is 2.51 bits per heavy atom. The average molecular weight is 567 g/mol. The number of ether oxygens (including phenoxy) is 2. The molecule has 214 valence electrons. The van der Waals surface area contributed by atoms with Crippen molar-refractivity contribution in [1.82, 2.24) is 15.0 Å². The van der Waals surface area contributed by atoms with Crippen LogP contribution in [-0.4, -0.2) is 46.5 Å². The second kappa shape index (κ2) is 11.2. The van der Waals surface area contributed by atoms with Crippen LogP contribution in [0.3, 0.4) is 0 Å². The van der Waals surface area contributed by atoms with Crippen molar-refractivity contribution in [3.8, 4) is 17.0 Å². The van der Waals surface area contributed by atoms with Gasteiger partial charge in [-0.25, -0.2) is 0 Å². The summed E-state index contributed by atoms with van der Waals surface area (Å²) in [5.41, 5.74) is 5.41. The zero-order valence-electron chi connectivity index (χ0n) is 22.5. The smallest absolute Gasteiger partial charge is 0.416 e. The number of benzene rings is 1. The molecule has 2 aromatic heterocycles. The SMILES string of the molecule is CCOC(=O)C1(c2ccc(-c3ccc(C(=CN)C(=NC)Nc4cncc(OC5CC5)n4)nc3)cc2C(F)(F)F)CC1. The van der Waals surface area contributed by atoms with Gasteiger partial charge in [0.25, 0.3) is 0 Å². The normalized spacial score (nSPS) is 16.7. The highest BCUT2D eigenvalue weighted by molar-refractivity contribution is 6.27. The van der Waals surface area contributed by atoms with Gasteiger partial charge in [0, 0.05) is 25.0 Å². The first-order valence-electron chi connectivity index (χ1n) is 13.2. The van der Waals surface area contributed by atoms with E-state index in [0.29, 0.717) is 52.8 Å². The van der Waals surface area contributed by atoms with Crippen molar-refractivity contribution in [2.24, 2.45) is 10.7 Å². The van der Waals surface area contributed by atoms with Crippen molar-refractivity contribution in [3.63, 3.8) is 0 Å². The van der Waals surface area contributed by atoms with E-state index >= 15 is 0 Å². The van der Waals surface area contributed by atoms with Gasteiger partial charge in [-0.3, -0.25) is 19.8 Å². The van der Waals surface area contributed by atoms with E-state index in [9.17, 15) is 18.0 Å². The number of aliphatic imine (C=N–C) groups is 1. The van der Waals surface area contributed by atoms with Gasteiger partial charge < -0.3 is 20.5 Å². The second-order valence-corrected chi connectivity index (χ2v) is 9.83. The van der Waals surface area contributed by atoms with Crippen molar-refractivity contribution in [1.29, 1.82) is 0 Å². The van der Waals surface area contributed by atoms with Crippen LogP contribution >= 0.6 is 0 Å². The summed E-state index contributed by atoms with van der Waals surface area (Å²) in [6.07, 6.45) is 3.96. The second-order valence-electron chi connectivity index (χ2n) is 9.83. The Labute approximate surface area is 234 Å². The zero-order chi connectivity index (χ0) is 29.2. The summed E-state index contributed by atoms with van der Waals surface area (Å²) in [6, 6.07) is 7.28. The molecule has 12 heteroatoms. The summed E-state index contributed by atoms with van der Waals surface area (Å²) in [4.78, 5) is 29.8. The number of hydrogen-bond acceptors (Lipinski definition) is 8. The first kappa shape index (κ1) is 28.1. The third-order valence-electron chi connectivity index (χ3n) is 6.95. The Balaban J connectivity index is 1.38. The molecular weight excluding hydrogens is 537 g/mol. The van der Waals surface area contributed by atoms with Crippen LogP contribution in [0.15, 0.2) is 60.1 Å². The molecule has 0 spiro atoms. The maximum atomic E-state index is 14.1. The number of nitrogens with two attached hydrogens (primary N) is 1. The minimum atomic E-state index is -4.65. The predicted octanol–water partition coefficient (Wildman–Crippen LogP) is 5.13. The van der Waals surface area contributed by atoms with E-state index in [-0.39, 0.29) is 18.3 Å². The highest BCUT2D eigenvalue weighted by Crippen LogP contribution is 2.53. The summed E-state index contributed by atoms with van der Waals surface area (Å²) in [7, 11) is 1.57. The fraction of sp³-hybridized carbons (Fsp3) is 0.345. The van der Waals surface area contributed by atoms with Gasteiger partial charge in [-0.1, -0.05) is 18.2 Å². The molecule has 2 heterocycles. The lowest BCUT2D eigenvalue weighted by Crippen LogP contribution is -2.26. The molecular formula is C29H29F3N6O3. The van der Waals surface area contributed by atoms with Gasteiger partial charge >= 0.3 is 12.1 Å². The van der Waals surface area contributed by atoms with E-state index in [4.69, 9.17) is 15.2 Å². The molecule has 2 aliphatic carbocycles. The number of alkyl halides is 3. The Morgan fingerprint density at radius 1 is 1.17 bits per heavy atom. The number of anilines is 1. The molecule has 2 fully saturated rings. The molecule has 0 radical (unpaired) electrons. The molecule has 0 saturated heterocycles. The van der Waals surface area contributed by atoms with Gasteiger partial charge in [0.15, 0.2) is 5.82 Å². The maximum absolute atomic E-state index is 14.1. The van der Waals surface area contributed by atoms with Crippen molar-refractivity contribution in [2.45, 2.75) is 50.3 Å². The van der Waals surface area contributed by atoms with Crippen LogP contribution in [0.5, 0.6) is 5.88 Å². The van der Waals surface area contributed by atoms with E-state index in [1.807, 2.05) is 0 Å². The molecule has 41 heavy (non-hydrogen) atoms. The largest absolute Gasteiger partial charge is 0.473 e. The van der Waals surface area contributed by atoms with Crippen LogP contribution in [0, 0.1) is 0 Å². The number of aromatic nitrogens is 3. The van der Waals surface area contributed by atoms with Gasteiger partial charge in [0.1, 0.15) is 11.9 Å². The summed E-state index contributed by atoms with van der Waals surface area (Å²) >= 11 is 0. The molecule has 5 rings (SSSR count). The molecule has 3 aromatic rings. The van der Waals surface area contributed by atoms with Crippen molar-refractivity contribution < 1.29 is 27.4 Å². The topological polar surface area (TPSA) is 125 Å². The molecule has 2 saturated carbocycles. The summed E-state index contributed by atoms with van der Waals surface area (Å²) in [6.45, 7) is 1.73. The van der Waals surface area contributed by atoms with Gasteiger partial charge in [0.05, 0.1) is 41.2 Å². The number of halogens is 3. The number of carbonyl (C=O) groups is 1. The van der Waals surface area contributed by atoms with Crippen LogP contribution in [0.2, 0.25) is 0 Å². The molecule has 0 aliphatic heterocycles. The molecule has 3 N–H and O–H groups in total. The lowest BCUT2D eigenvalue weighted by molar-refractivity contribution is -0.147. The molecule has 0 unspecified atom stereocenters. The molecule has 2 aliphatic rings. The number of esters is 1. The third kappa shape index (κ3) is 6.01. The molecule has 0 bridgehead atoms. The van der Waals surface area contributed by atoms with E-state index in [1.165, 1.54) is 30.9 Å². The van der Waals surface area contributed by atoms with E-state index in [2.05, 4.69) is 25.3 Å². The molecule has 9 nitrogen and oxygen atoms in total. The Bertz CT molecular complexity index is 1500. The maximum Gasteiger partial charge on any atom is 0.416 e. The van der Waals surface area contributed by atoms with E-state index < -0.39 is 23.1 Å². The fourth-order valence-electron chi connectivity index (χ4n) is 4.55. The molecule has 0 amide bonds.